The predicted octanol–water partition coefficient (Wildman–Crippen LogP) is 3.78. The van der Waals surface area contributed by atoms with Crippen LogP contribution in [0.2, 0.25) is 5.02 Å². The number of anilines is 1. The molecule has 2 aromatic rings. The summed E-state index contributed by atoms with van der Waals surface area (Å²) in [5, 5.41) is 0.721. The number of halogens is 1. The van der Waals surface area contributed by atoms with E-state index in [-0.39, 0.29) is 6.04 Å². The van der Waals surface area contributed by atoms with E-state index < -0.39 is 0 Å². The highest BCUT2D eigenvalue weighted by Crippen LogP contribution is 2.33. The summed E-state index contributed by atoms with van der Waals surface area (Å²) < 4.78 is 0. The standard InChI is InChI=1S/C17H18ClN3/c1-2-12-5-3-4-6-15(12)16-11-20-17(19)21(16)14-9-7-13(18)8-10-14/h3-10,16H,2,11H2,1H3,(H2,19,20). The summed E-state index contributed by atoms with van der Waals surface area (Å²) in [4.78, 5) is 6.53. The SMILES string of the molecule is CCc1ccccc1C1CN=C(N)N1c1ccc(Cl)cc1. The quantitative estimate of drug-likeness (QED) is 0.937. The fraction of sp³-hybridized carbons (Fsp3) is 0.235. The average molecular weight is 300 g/mol. The van der Waals surface area contributed by atoms with Gasteiger partial charge in [-0.05, 0) is 41.8 Å². The van der Waals surface area contributed by atoms with Gasteiger partial charge >= 0.3 is 0 Å². The summed E-state index contributed by atoms with van der Waals surface area (Å²) in [5.74, 6) is 0.563. The minimum atomic E-state index is 0.155. The first-order valence-electron chi connectivity index (χ1n) is 7.13. The Bertz CT molecular complexity index is 664. The number of aryl methyl sites for hydroxylation is 1. The van der Waals surface area contributed by atoms with Crippen LogP contribution >= 0.6 is 11.6 Å². The third kappa shape index (κ3) is 2.61. The van der Waals surface area contributed by atoms with Crippen molar-refractivity contribution in [2.75, 3.05) is 11.4 Å². The lowest BCUT2D eigenvalue weighted by molar-refractivity contribution is 0.756. The van der Waals surface area contributed by atoms with Crippen molar-refractivity contribution in [3.8, 4) is 0 Å². The summed E-state index contributed by atoms with van der Waals surface area (Å²) in [6.07, 6.45) is 1.00. The van der Waals surface area contributed by atoms with Crippen LogP contribution in [0.4, 0.5) is 5.69 Å². The zero-order chi connectivity index (χ0) is 14.8. The van der Waals surface area contributed by atoms with Crippen molar-refractivity contribution in [1.29, 1.82) is 0 Å². The molecular weight excluding hydrogens is 282 g/mol. The molecule has 0 bridgehead atoms. The van der Waals surface area contributed by atoms with Gasteiger partial charge in [0.2, 0.25) is 0 Å². The lowest BCUT2D eigenvalue weighted by Gasteiger charge is -2.28. The minimum absolute atomic E-state index is 0.155. The number of nitrogens with zero attached hydrogens (tertiary/aromatic N) is 2. The van der Waals surface area contributed by atoms with Crippen molar-refractivity contribution in [3.05, 3.63) is 64.7 Å². The smallest absolute Gasteiger partial charge is 0.196 e. The van der Waals surface area contributed by atoms with Crippen LogP contribution < -0.4 is 10.6 Å². The number of benzene rings is 2. The number of hydrogen-bond donors (Lipinski definition) is 1. The van der Waals surface area contributed by atoms with Crippen molar-refractivity contribution in [2.45, 2.75) is 19.4 Å². The molecule has 1 aliphatic rings. The van der Waals surface area contributed by atoms with Gasteiger partial charge < -0.3 is 10.6 Å². The maximum atomic E-state index is 6.11. The zero-order valence-corrected chi connectivity index (χ0v) is 12.7. The molecule has 0 aliphatic carbocycles. The van der Waals surface area contributed by atoms with E-state index in [0.29, 0.717) is 12.5 Å². The van der Waals surface area contributed by atoms with Crippen LogP contribution in [0.15, 0.2) is 53.5 Å². The highest BCUT2D eigenvalue weighted by molar-refractivity contribution is 6.30. The number of nitrogens with two attached hydrogens (primary N) is 1. The van der Waals surface area contributed by atoms with Crippen molar-refractivity contribution in [2.24, 2.45) is 10.7 Å². The maximum Gasteiger partial charge on any atom is 0.196 e. The second-order valence-corrected chi connectivity index (χ2v) is 5.55. The van der Waals surface area contributed by atoms with Crippen LogP contribution in [0.5, 0.6) is 0 Å². The molecule has 2 N–H and O–H groups in total. The van der Waals surface area contributed by atoms with Gasteiger partial charge in [0.05, 0.1) is 12.6 Å². The van der Waals surface area contributed by atoms with Crippen molar-refractivity contribution >= 4 is 23.2 Å². The van der Waals surface area contributed by atoms with E-state index in [1.54, 1.807) is 0 Å². The van der Waals surface area contributed by atoms with Crippen molar-refractivity contribution in [3.63, 3.8) is 0 Å². The predicted molar refractivity (Wildman–Crippen MR) is 89.0 cm³/mol. The number of aliphatic imine (C=N–C) groups is 1. The van der Waals surface area contributed by atoms with Crippen LogP contribution in [-0.4, -0.2) is 12.5 Å². The van der Waals surface area contributed by atoms with E-state index in [0.717, 1.165) is 17.1 Å². The molecule has 4 heteroatoms. The Balaban J connectivity index is 2.01. The second kappa shape index (κ2) is 5.78. The molecule has 21 heavy (non-hydrogen) atoms. The molecule has 3 rings (SSSR count). The van der Waals surface area contributed by atoms with Gasteiger partial charge in [-0.25, -0.2) is 0 Å². The Labute approximate surface area is 130 Å². The van der Waals surface area contributed by atoms with Gasteiger partial charge in [0.25, 0.3) is 0 Å². The largest absolute Gasteiger partial charge is 0.369 e. The minimum Gasteiger partial charge on any atom is -0.369 e. The molecule has 0 aromatic heterocycles. The first-order valence-corrected chi connectivity index (χ1v) is 7.51. The maximum absolute atomic E-state index is 6.11. The molecular formula is C17H18ClN3. The topological polar surface area (TPSA) is 41.6 Å². The highest BCUT2D eigenvalue weighted by atomic mass is 35.5. The first-order chi connectivity index (χ1) is 10.2. The first kappa shape index (κ1) is 14.0. The number of hydrogen-bond acceptors (Lipinski definition) is 3. The summed E-state index contributed by atoms with van der Waals surface area (Å²) >= 11 is 5.98. The van der Waals surface area contributed by atoms with Crippen LogP contribution in [0.25, 0.3) is 0 Å². The van der Waals surface area contributed by atoms with E-state index in [2.05, 4.69) is 41.1 Å². The molecule has 1 atom stereocenters. The molecule has 1 unspecified atom stereocenters. The fourth-order valence-electron chi connectivity index (χ4n) is 2.83. The lowest BCUT2D eigenvalue weighted by Crippen LogP contribution is -2.36. The summed E-state index contributed by atoms with van der Waals surface area (Å²) in [7, 11) is 0. The van der Waals surface area contributed by atoms with E-state index >= 15 is 0 Å². The summed E-state index contributed by atoms with van der Waals surface area (Å²) in [6.45, 7) is 2.86. The summed E-state index contributed by atoms with van der Waals surface area (Å²) in [6, 6.07) is 16.4. The molecule has 1 heterocycles. The molecule has 1 aliphatic heterocycles. The van der Waals surface area contributed by atoms with Crippen LogP contribution in [0.1, 0.15) is 24.1 Å². The average Bonchev–Trinajstić information content (AvgIpc) is 2.90. The third-order valence-electron chi connectivity index (χ3n) is 3.88. The normalized spacial score (nSPS) is 17.9. The van der Waals surface area contributed by atoms with Crippen LogP contribution in [0, 0.1) is 0 Å². The molecule has 0 spiro atoms. The lowest BCUT2D eigenvalue weighted by atomic mass is 9.97. The Morgan fingerprint density at radius 1 is 1.19 bits per heavy atom. The fourth-order valence-corrected chi connectivity index (χ4v) is 2.96. The molecule has 108 valence electrons. The Morgan fingerprint density at radius 3 is 2.62 bits per heavy atom. The van der Waals surface area contributed by atoms with E-state index in [9.17, 15) is 0 Å². The van der Waals surface area contributed by atoms with Gasteiger partial charge in [-0.3, -0.25) is 4.99 Å². The second-order valence-electron chi connectivity index (χ2n) is 5.11. The molecule has 0 fully saturated rings. The molecule has 2 aromatic carbocycles. The Morgan fingerprint density at radius 2 is 1.90 bits per heavy atom. The number of rotatable bonds is 3. The van der Waals surface area contributed by atoms with E-state index in [1.165, 1.54) is 11.1 Å². The van der Waals surface area contributed by atoms with Crippen molar-refractivity contribution < 1.29 is 0 Å². The molecule has 0 saturated carbocycles. The Hall–Kier alpha value is -2.00. The summed E-state index contributed by atoms with van der Waals surface area (Å²) in [5.41, 5.74) is 9.76. The van der Waals surface area contributed by atoms with Gasteiger partial charge in [0, 0.05) is 10.7 Å². The zero-order valence-electron chi connectivity index (χ0n) is 12.0. The van der Waals surface area contributed by atoms with E-state index in [4.69, 9.17) is 17.3 Å². The van der Waals surface area contributed by atoms with Gasteiger partial charge in [-0.2, -0.15) is 0 Å². The van der Waals surface area contributed by atoms with Gasteiger partial charge in [0.1, 0.15) is 0 Å². The highest BCUT2D eigenvalue weighted by Gasteiger charge is 2.29. The molecule has 0 radical (unpaired) electrons. The third-order valence-corrected chi connectivity index (χ3v) is 4.14. The number of guanidine groups is 1. The molecule has 3 nitrogen and oxygen atoms in total. The Kier molecular flexibility index (Phi) is 3.84. The van der Waals surface area contributed by atoms with Crippen molar-refractivity contribution in [1.82, 2.24) is 0 Å². The van der Waals surface area contributed by atoms with Gasteiger partial charge in [-0.1, -0.05) is 42.8 Å². The molecule has 0 saturated heterocycles. The van der Waals surface area contributed by atoms with Crippen LogP contribution in [-0.2, 0) is 6.42 Å². The van der Waals surface area contributed by atoms with Gasteiger partial charge in [-0.15, -0.1) is 0 Å². The molecule has 0 amide bonds. The van der Waals surface area contributed by atoms with Gasteiger partial charge in [0.15, 0.2) is 5.96 Å². The van der Waals surface area contributed by atoms with Crippen LogP contribution in [0.3, 0.4) is 0 Å². The monoisotopic (exact) mass is 299 g/mol. The van der Waals surface area contributed by atoms with E-state index in [1.807, 2.05) is 24.3 Å².